The molecule has 5 heteroatoms. The molecule has 0 aliphatic rings. The molecule has 1 aromatic rings. The van der Waals surface area contributed by atoms with Gasteiger partial charge in [-0.15, -0.1) is 0 Å². The third-order valence-electron chi connectivity index (χ3n) is 1.86. The van der Waals surface area contributed by atoms with Gasteiger partial charge in [0.05, 0.1) is 16.1 Å². The molecule has 0 saturated carbocycles. The van der Waals surface area contributed by atoms with Gasteiger partial charge in [0.1, 0.15) is 0 Å². The highest BCUT2D eigenvalue weighted by Gasteiger charge is 2.17. The lowest BCUT2D eigenvalue weighted by atomic mass is 10.0. The molecule has 2 atom stereocenters. The number of nitrogens with two attached hydrogens (primary N) is 1. The Hall–Kier alpha value is 0.01000. The smallest absolute Gasteiger partial charge is 0.0953 e. The Labute approximate surface area is 97.6 Å². The van der Waals surface area contributed by atoms with E-state index < -0.39 is 12.1 Å². The number of hydrogen-bond acceptors (Lipinski definition) is 2. The maximum Gasteiger partial charge on any atom is 0.0953 e. The van der Waals surface area contributed by atoms with Crippen LogP contribution in [0.5, 0.6) is 0 Å². The van der Waals surface area contributed by atoms with E-state index in [9.17, 15) is 5.11 Å². The predicted octanol–water partition coefficient (Wildman–Crippen LogP) is 3.03. The van der Waals surface area contributed by atoms with Crippen LogP contribution in [0.1, 0.15) is 18.6 Å². The van der Waals surface area contributed by atoms with E-state index in [1.54, 1.807) is 6.92 Å². The van der Waals surface area contributed by atoms with Crippen LogP contribution in [0, 0.1) is 0 Å². The van der Waals surface area contributed by atoms with E-state index in [2.05, 4.69) is 0 Å². The van der Waals surface area contributed by atoms with Gasteiger partial charge >= 0.3 is 0 Å². The minimum absolute atomic E-state index is 0.353. The first kappa shape index (κ1) is 12.1. The van der Waals surface area contributed by atoms with Crippen LogP contribution in [0.25, 0.3) is 0 Å². The fraction of sp³-hybridized carbons (Fsp3) is 0.333. The molecule has 0 fully saturated rings. The van der Waals surface area contributed by atoms with Crippen molar-refractivity contribution in [3.63, 3.8) is 0 Å². The molecule has 78 valence electrons. The minimum atomic E-state index is -0.836. The first-order valence-electron chi connectivity index (χ1n) is 4.01. The standard InChI is InChI=1S/C9H10Cl3NO/c1-4(13)9(14)5-2-7(11)8(12)3-6(5)10/h2-4,9,14H,13H2,1H3/t4-,9-/m1/s1. The Morgan fingerprint density at radius 2 is 1.64 bits per heavy atom. The fourth-order valence-electron chi connectivity index (χ4n) is 1.05. The molecule has 0 unspecified atom stereocenters. The molecule has 0 aromatic heterocycles. The summed E-state index contributed by atoms with van der Waals surface area (Å²) in [5, 5.41) is 10.8. The van der Waals surface area contributed by atoms with Crippen LogP contribution in [0.4, 0.5) is 0 Å². The number of hydrogen-bond donors (Lipinski definition) is 2. The SMILES string of the molecule is C[C@@H](N)[C@@H](O)c1cc(Cl)c(Cl)cc1Cl. The van der Waals surface area contributed by atoms with Gasteiger partial charge in [0, 0.05) is 16.6 Å². The average molecular weight is 255 g/mol. The largest absolute Gasteiger partial charge is 0.387 e. The van der Waals surface area contributed by atoms with Gasteiger partial charge in [-0.3, -0.25) is 0 Å². The number of benzene rings is 1. The molecule has 0 saturated heterocycles. The fourth-order valence-corrected chi connectivity index (χ4v) is 1.71. The Morgan fingerprint density at radius 3 is 2.14 bits per heavy atom. The van der Waals surface area contributed by atoms with Crippen molar-refractivity contribution in [1.29, 1.82) is 0 Å². The monoisotopic (exact) mass is 253 g/mol. The summed E-state index contributed by atoms with van der Waals surface area (Å²) < 4.78 is 0. The lowest BCUT2D eigenvalue weighted by Crippen LogP contribution is -2.24. The van der Waals surface area contributed by atoms with E-state index >= 15 is 0 Å². The first-order valence-corrected chi connectivity index (χ1v) is 5.15. The number of aliphatic hydroxyl groups is 1. The van der Waals surface area contributed by atoms with Crippen molar-refractivity contribution in [3.8, 4) is 0 Å². The molecule has 0 bridgehead atoms. The third-order valence-corrected chi connectivity index (χ3v) is 2.91. The van der Waals surface area contributed by atoms with Gasteiger partial charge in [0.25, 0.3) is 0 Å². The maximum absolute atomic E-state index is 9.68. The van der Waals surface area contributed by atoms with Crippen LogP contribution >= 0.6 is 34.8 Å². The van der Waals surface area contributed by atoms with E-state index in [0.717, 1.165) is 0 Å². The molecular formula is C9H10Cl3NO. The third kappa shape index (κ3) is 2.53. The normalized spacial score (nSPS) is 15.3. The molecule has 2 nitrogen and oxygen atoms in total. The molecule has 0 aliphatic carbocycles. The van der Waals surface area contributed by atoms with Crippen molar-refractivity contribution in [1.82, 2.24) is 0 Å². The maximum atomic E-state index is 9.68. The van der Waals surface area contributed by atoms with Gasteiger partial charge < -0.3 is 10.8 Å². The van der Waals surface area contributed by atoms with Crippen molar-refractivity contribution < 1.29 is 5.11 Å². The van der Waals surface area contributed by atoms with Gasteiger partial charge in [-0.2, -0.15) is 0 Å². The summed E-state index contributed by atoms with van der Waals surface area (Å²) in [5.74, 6) is 0. The highest BCUT2D eigenvalue weighted by Crippen LogP contribution is 2.32. The quantitative estimate of drug-likeness (QED) is 0.797. The molecule has 0 spiro atoms. The predicted molar refractivity (Wildman–Crippen MR) is 60.1 cm³/mol. The molecule has 14 heavy (non-hydrogen) atoms. The second-order valence-electron chi connectivity index (χ2n) is 3.09. The van der Waals surface area contributed by atoms with Gasteiger partial charge in [-0.1, -0.05) is 34.8 Å². The lowest BCUT2D eigenvalue weighted by molar-refractivity contribution is 0.153. The van der Waals surface area contributed by atoms with Crippen molar-refractivity contribution in [2.45, 2.75) is 19.1 Å². The van der Waals surface area contributed by atoms with E-state index in [1.807, 2.05) is 0 Å². The Bertz CT molecular complexity index is 341. The number of halogens is 3. The summed E-state index contributed by atoms with van der Waals surface area (Å²) in [7, 11) is 0. The van der Waals surface area contributed by atoms with Gasteiger partial charge in [-0.25, -0.2) is 0 Å². The lowest BCUT2D eigenvalue weighted by Gasteiger charge is -2.16. The zero-order valence-electron chi connectivity index (χ0n) is 7.47. The molecule has 1 rings (SSSR count). The van der Waals surface area contributed by atoms with E-state index in [0.29, 0.717) is 20.6 Å². The molecular weight excluding hydrogens is 244 g/mol. The summed E-state index contributed by atoms with van der Waals surface area (Å²) in [6.45, 7) is 1.68. The topological polar surface area (TPSA) is 46.2 Å². The zero-order valence-corrected chi connectivity index (χ0v) is 9.74. The first-order chi connectivity index (χ1) is 6.43. The Balaban J connectivity index is 3.15. The van der Waals surface area contributed by atoms with Crippen LogP contribution in [-0.2, 0) is 0 Å². The van der Waals surface area contributed by atoms with E-state index in [-0.39, 0.29) is 0 Å². The molecule has 3 N–H and O–H groups in total. The van der Waals surface area contributed by atoms with Crippen molar-refractivity contribution >= 4 is 34.8 Å². The Kier molecular flexibility index (Phi) is 4.04. The van der Waals surface area contributed by atoms with Crippen LogP contribution in [0.15, 0.2) is 12.1 Å². The summed E-state index contributed by atoms with van der Waals surface area (Å²) in [5.41, 5.74) is 6.04. The van der Waals surface area contributed by atoms with Crippen LogP contribution < -0.4 is 5.73 Å². The summed E-state index contributed by atoms with van der Waals surface area (Å²) in [6.07, 6.45) is -0.836. The highest BCUT2D eigenvalue weighted by molar-refractivity contribution is 6.43. The summed E-state index contributed by atoms with van der Waals surface area (Å²) in [4.78, 5) is 0. The second kappa shape index (κ2) is 4.69. The van der Waals surface area contributed by atoms with Gasteiger partial charge in [0.15, 0.2) is 0 Å². The minimum Gasteiger partial charge on any atom is -0.387 e. The van der Waals surface area contributed by atoms with Gasteiger partial charge in [-0.05, 0) is 19.1 Å². The Morgan fingerprint density at radius 1 is 1.14 bits per heavy atom. The number of rotatable bonds is 2. The second-order valence-corrected chi connectivity index (χ2v) is 4.31. The van der Waals surface area contributed by atoms with Gasteiger partial charge in [0.2, 0.25) is 0 Å². The van der Waals surface area contributed by atoms with Crippen molar-refractivity contribution in [2.75, 3.05) is 0 Å². The van der Waals surface area contributed by atoms with E-state index in [4.69, 9.17) is 40.5 Å². The summed E-state index contributed by atoms with van der Waals surface area (Å²) >= 11 is 17.4. The molecule has 0 amide bonds. The number of aliphatic hydroxyl groups excluding tert-OH is 1. The van der Waals surface area contributed by atoms with Crippen LogP contribution in [0.2, 0.25) is 15.1 Å². The molecule has 0 radical (unpaired) electrons. The summed E-state index contributed by atoms with van der Waals surface area (Å²) in [6, 6.07) is 2.61. The van der Waals surface area contributed by atoms with Crippen LogP contribution in [0.3, 0.4) is 0 Å². The molecule has 1 aromatic carbocycles. The van der Waals surface area contributed by atoms with E-state index in [1.165, 1.54) is 12.1 Å². The zero-order chi connectivity index (χ0) is 10.9. The van der Waals surface area contributed by atoms with Crippen molar-refractivity contribution in [3.05, 3.63) is 32.8 Å². The highest BCUT2D eigenvalue weighted by atomic mass is 35.5. The molecule has 0 heterocycles. The van der Waals surface area contributed by atoms with Crippen molar-refractivity contribution in [2.24, 2.45) is 5.73 Å². The molecule has 0 aliphatic heterocycles. The van der Waals surface area contributed by atoms with Crippen LogP contribution in [-0.4, -0.2) is 11.1 Å². The average Bonchev–Trinajstić information content (AvgIpc) is 2.10.